The first-order valence-corrected chi connectivity index (χ1v) is 7.56. The molecule has 0 aliphatic carbocycles. The fourth-order valence-corrected chi connectivity index (χ4v) is 2.22. The highest BCUT2D eigenvalue weighted by Crippen LogP contribution is 2.20. The van der Waals surface area contributed by atoms with Crippen LogP contribution in [0.1, 0.15) is 34.8 Å². The van der Waals surface area contributed by atoms with Crippen LogP contribution in [0.5, 0.6) is 5.75 Å². The first-order chi connectivity index (χ1) is 11.1. The minimum absolute atomic E-state index is 0.237. The van der Waals surface area contributed by atoms with Crippen LogP contribution in [-0.2, 0) is 16.1 Å². The lowest BCUT2D eigenvalue weighted by atomic mass is 10.0. The van der Waals surface area contributed by atoms with Gasteiger partial charge in [0.15, 0.2) is 5.78 Å². The van der Waals surface area contributed by atoms with Gasteiger partial charge >= 0.3 is 5.97 Å². The number of rotatable bonds is 7. The van der Waals surface area contributed by atoms with E-state index < -0.39 is 5.97 Å². The highest BCUT2D eigenvalue weighted by Gasteiger charge is 2.15. The van der Waals surface area contributed by atoms with Crippen molar-refractivity contribution in [1.29, 1.82) is 0 Å². The first-order valence-electron chi connectivity index (χ1n) is 7.56. The van der Waals surface area contributed by atoms with Crippen molar-refractivity contribution in [1.82, 2.24) is 0 Å². The summed E-state index contributed by atoms with van der Waals surface area (Å²) in [6.45, 7) is 4.29. The van der Waals surface area contributed by atoms with Crippen LogP contribution in [0.25, 0.3) is 0 Å². The molecule has 0 aliphatic rings. The molecule has 0 heterocycles. The molecule has 2 aromatic carbocycles. The molecule has 0 atom stereocenters. The van der Waals surface area contributed by atoms with Crippen LogP contribution in [-0.4, -0.2) is 18.4 Å². The summed E-state index contributed by atoms with van der Waals surface area (Å²) in [4.78, 5) is 23.5. The van der Waals surface area contributed by atoms with Crippen molar-refractivity contribution in [2.75, 3.05) is 6.61 Å². The quantitative estimate of drug-likeness (QED) is 0.444. The molecule has 0 radical (unpaired) electrons. The standard InChI is InChI=1S/C19H20O4/c1-3-22-19(21)12-18(20)17-10-9-16(11-14(17)2)23-13-15-7-5-4-6-8-15/h4-11H,3,12-13H2,1-2H3. The van der Waals surface area contributed by atoms with Gasteiger partial charge in [-0.2, -0.15) is 0 Å². The predicted octanol–water partition coefficient (Wildman–Crippen LogP) is 3.71. The normalized spacial score (nSPS) is 10.2. The lowest BCUT2D eigenvalue weighted by molar-refractivity contribution is -0.141. The number of esters is 1. The van der Waals surface area contributed by atoms with Crippen molar-refractivity contribution < 1.29 is 19.1 Å². The average Bonchev–Trinajstić information content (AvgIpc) is 2.54. The molecule has 2 rings (SSSR count). The fourth-order valence-electron chi connectivity index (χ4n) is 2.22. The van der Waals surface area contributed by atoms with E-state index in [1.807, 2.05) is 37.3 Å². The molecule has 0 aliphatic heterocycles. The first kappa shape index (κ1) is 16.7. The maximum absolute atomic E-state index is 12.1. The van der Waals surface area contributed by atoms with Gasteiger partial charge < -0.3 is 9.47 Å². The third-order valence-electron chi connectivity index (χ3n) is 3.36. The largest absolute Gasteiger partial charge is 0.489 e. The van der Waals surface area contributed by atoms with Crippen molar-refractivity contribution in [2.24, 2.45) is 0 Å². The van der Waals surface area contributed by atoms with E-state index in [9.17, 15) is 9.59 Å². The molecule has 4 nitrogen and oxygen atoms in total. The van der Waals surface area contributed by atoms with Crippen LogP contribution in [0.15, 0.2) is 48.5 Å². The Morgan fingerprint density at radius 3 is 2.43 bits per heavy atom. The van der Waals surface area contributed by atoms with E-state index in [0.717, 1.165) is 11.1 Å². The van der Waals surface area contributed by atoms with Gasteiger partial charge in [0.25, 0.3) is 0 Å². The zero-order valence-electron chi connectivity index (χ0n) is 13.4. The highest BCUT2D eigenvalue weighted by atomic mass is 16.5. The van der Waals surface area contributed by atoms with Gasteiger partial charge in [0.2, 0.25) is 0 Å². The van der Waals surface area contributed by atoms with E-state index >= 15 is 0 Å². The molecule has 0 N–H and O–H groups in total. The fraction of sp³-hybridized carbons (Fsp3) is 0.263. The maximum atomic E-state index is 12.1. The Morgan fingerprint density at radius 2 is 1.78 bits per heavy atom. The Hall–Kier alpha value is -2.62. The molecule has 0 fully saturated rings. The SMILES string of the molecule is CCOC(=O)CC(=O)c1ccc(OCc2ccccc2)cc1C. The van der Waals surface area contributed by atoms with Gasteiger partial charge in [0.05, 0.1) is 6.61 Å². The van der Waals surface area contributed by atoms with E-state index in [1.54, 1.807) is 25.1 Å². The average molecular weight is 312 g/mol. The number of Topliss-reactive ketones (excluding diaryl/α,β-unsaturated/α-hetero) is 1. The Labute approximate surface area is 136 Å². The van der Waals surface area contributed by atoms with Crippen LogP contribution < -0.4 is 4.74 Å². The van der Waals surface area contributed by atoms with Gasteiger partial charge in [-0.25, -0.2) is 0 Å². The summed E-state index contributed by atoms with van der Waals surface area (Å²) in [6.07, 6.45) is -0.237. The van der Waals surface area contributed by atoms with Gasteiger partial charge in [-0.05, 0) is 43.2 Å². The number of hydrogen-bond acceptors (Lipinski definition) is 4. The highest BCUT2D eigenvalue weighted by molar-refractivity contribution is 6.06. The molecular weight excluding hydrogens is 292 g/mol. The molecule has 0 unspecified atom stereocenters. The Morgan fingerprint density at radius 1 is 1.04 bits per heavy atom. The van der Waals surface area contributed by atoms with E-state index in [1.165, 1.54) is 0 Å². The minimum Gasteiger partial charge on any atom is -0.489 e. The van der Waals surface area contributed by atoms with Gasteiger partial charge in [0.1, 0.15) is 18.8 Å². The number of ether oxygens (including phenoxy) is 2. The summed E-state index contributed by atoms with van der Waals surface area (Å²) in [5.41, 5.74) is 2.38. The molecule has 2 aromatic rings. The third kappa shape index (κ3) is 4.95. The lowest BCUT2D eigenvalue weighted by Crippen LogP contribution is -2.12. The summed E-state index contributed by atoms with van der Waals surface area (Å²) in [7, 11) is 0. The van der Waals surface area contributed by atoms with Crippen molar-refractivity contribution in [3.05, 3.63) is 65.2 Å². The Bertz CT molecular complexity index is 677. The van der Waals surface area contributed by atoms with Gasteiger partial charge in [-0.1, -0.05) is 30.3 Å². The molecule has 0 saturated carbocycles. The van der Waals surface area contributed by atoms with E-state index in [-0.39, 0.29) is 18.8 Å². The van der Waals surface area contributed by atoms with E-state index in [0.29, 0.717) is 17.9 Å². The third-order valence-corrected chi connectivity index (χ3v) is 3.36. The van der Waals surface area contributed by atoms with E-state index in [2.05, 4.69) is 0 Å². The second-order valence-electron chi connectivity index (χ2n) is 5.16. The van der Waals surface area contributed by atoms with Gasteiger partial charge in [-0.3, -0.25) is 9.59 Å². The summed E-state index contributed by atoms with van der Waals surface area (Å²) in [5.74, 6) is -0.0455. The predicted molar refractivity (Wildman–Crippen MR) is 87.5 cm³/mol. The Balaban J connectivity index is 2.00. The van der Waals surface area contributed by atoms with Crippen molar-refractivity contribution >= 4 is 11.8 Å². The minimum atomic E-state index is -0.499. The smallest absolute Gasteiger partial charge is 0.313 e. The van der Waals surface area contributed by atoms with Crippen molar-refractivity contribution in [3.8, 4) is 5.75 Å². The lowest BCUT2D eigenvalue weighted by Gasteiger charge is -2.10. The molecule has 0 bridgehead atoms. The van der Waals surface area contributed by atoms with Crippen molar-refractivity contribution in [3.63, 3.8) is 0 Å². The van der Waals surface area contributed by atoms with Crippen LogP contribution in [0, 0.1) is 6.92 Å². The van der Waals surface area contributed by atoms with Crippen LogP contribution in [0.3, 0.4) is 0 Å². The number of hydrogen-bond donors (Lipinski definition) is 0. The molecule has 4 heteroatoms. The molecule has 0 aromatic heterocycles. The summed E-state index contributed by atoms with van der Waals surface area (Å²) < 4.78 is 10.5. The van der Waals surface area contributed by atoms with Crippen molar-refractivity contribution in [2.45, 2.75) is 26.9 Å². The number of carbonyl (C=O) groups excluding carboxylic acids is 2. The number of carbonyl (C=O) groups is 2. The molecule has 0 saturated heterocycles. The van der Waals surface area contributed by atoms with Gasteiger partial charge in [0, 0.05) is 5.56 Å². The zero-order chi connectivity index (χ0) is 16.7. The van der Waals surface area contributed by atoms with E-state index in [4.69, 9.17) is 9.47 Å². The molecule has 23 heavy (non-hydrogen) atoms. The van der Waals surface area contributed by atoms with Crippen LogP contribution in [0.4, 0.5) is 0 Å². The molecule has 0 spiro atoms. The summed E-state index contributed by atoms with van der Waals surface area (Å²) in [5, 5.41) is 0. The topological polar surface area (TPSA) is 52.6 Å². The monoisotopic (exact) mass is 312 g/mol. The van der Waals surface area contributed by atoms with Gasteiger partial charge in [-0.15, -0.1) is 0 Å². The second-order valence-corrected chi connectivity index (χ2v) is 5.16. The number of aryl methyl sites for hydroxylation is 1. The molecular formula is C19H20O4. The number of ketones is 1. The Kier molecular flexibility index (Phi) is 5.92. The summed E-state index contributed by atoms with van der Waals surface area (Å²) in [6, 6.07) is 15.1. The maximum Gasteiger partial charge on any atom is 0.313 e. The zero-order valence-corrected chi connectivity index (χ0v) is 13.4. The number of benzene rings is 2. The van der Waals surface area contributed by atoms with Crippen LogP contribution >= 0.6 is 0 Å². The second kappa shape index (κ2) is 8.13. The molecule has 0 amide bonds. The molecule has 120 valence electrons. The van der Waals surface area contributed by atoms with Crippen LogP contribution in [0.2, 0.25) is 0 Å². The summed E-state index contributed by atoms with van der Waals surface area (Å²) >= 11 is 0.